The average Bonchev–Trinajstić information content (AvgIpc) is 3.15. The zero-order valence-corrected chi connectivity index (χ0v) is 17.4. The van der Waals surface area contributed by atoms with Crippen LogP contribution < -0.4 is 15.4 Å². The Kier molecular flexibility index (Phi) is 5.55. The summed E-state index contributed by atoms with van der Waals surface area (Å²) in [6, 6.07) is 11.1. The zero-order valence-electron chi connectivity index (χ0n) is 16.6. The molecule has 0 radical (unpaired) electrons. The number of alkyl halides is 2. The molecule has 160 valence electrons. The van der Waals surface area contributed by atoms with E-state index in [2.05, 4.69) is 30.7 Å². The number of nitrogens with one attached hydrogen (secondary N) is 2. The first kappa shape index (κ1) is 20.7. The van der Waals surface area contributed by atoms with Gasteiger partial charge in [-0.05, 0) is 37.3 Å². The van der Waals surface area contributed by atoms with Crippen molar-refractivity contribution in [2.45, 2.75) is 12.8 Å². The summed E-state index contributed by atoms with van der Waals surface area (Å²) in [5.41, 5.74) is 0.827. The molecule has 1 aromatic carbocycles. The number of anilines is 3. The molecule has 0 aliphatic carbocycles. The molecule has 0 aliphatic heterocycles. The monoisotopic (exact) mass is 445 g/mol. The van der Waals surface area contributed by atoms with E-state index >= 15 is 0 Å². The number of hydrogen-bond donors (Lipinski definition) is 2. The second kappa shape index (κ2) is 8.31. The van der Waals surface area contributed by atoms with Crippen molar-refractivity contribution in [3.8, 4) is 5.75 Å². The molecule has 11 heteroatoms. The highest BCUT2D eigenvalue weighted by atomic mass is 35.5. The van der Waals surface area contributed by atoms with Crippen LogP contribution in [0.2, 0.25) is 5.02 Å². The van der Waals surface area contributed by atoms with Crippen molar-refractivity contribution in [2.75, 3.05) is 24.3 Å². The number of aryl methyl sites for hydroxylation is 1. The van der Waals surface area contributed by atoms with Gasteiger partial charge in [-0.3, -0.25) is 4.98 Å². The number of benzene rings is 1. The summed E-state index contributed by atoms with van der Waals surface area (Å²) < 4.78 is 35.7. The van der Waals surface area contributed by atoms with Gasteiger partial charge < -0.3 is 15.4 Å². The molecule has 8 nitrogen and oxygen atoms in total. The molecule has 3 aromatic heterocycles. The van der Waals surface area contributed by atoms with Gasteiger partial charge in [0, 0.05) is 23.0 Å². The molecule has 2 N–H and O–H groups in total. The summed E-state index contributed by atoms with van der Waals surface area (Å²) in [5, 5.41) is 10.6. The maximum Gasteiger partial charge on any atom is 0.306 e. The molecule has 0 bridgehead atoms. The molecule has 0 saturated heterocycles. The van der Waals surface area contributed by atoms with Crippen LogP contribution in [-0.4, -0.2) is 38.2 Å². The Balaban J connectivity index is 1.62. The van der Waals surface area contributed by atoms with Crippen LogP contribution in [0.1, 0.15) is 11.4 Å². The summed E-state index contributed by atoms with van der Waals surface area (Å²) >= 11 is 6.06. The molecule has 0 fully saturated rings. The van der Waals surface area contributed by atoms with Gasteiger partial charge in [-0.2, -0.15) is 18.3 Å². The lowest BCUT2D eigenvalue weighted by Gasteiger charge is -2.17. The third kappa shape index (κ3) is 4.48. The second-order valence-electron chi connectivity index (χ2n) is 6.67. The van der Waals surface area contributed by atoms with E-state index in [1.807, 2.05) is 0 Å². The first-order valence-corrected chi connectivity index (χ1v) is 9.62. The van der Waals surface area contributed by atoms with Crippen LogP contribution in [0.25, 0.3) is 5.78 Å². The first-order chi connectivity index (χ1) is 14.9. The van der Waals surface area contributed by atoms with Gasteiger partial charge in [-0.15, -0.1) is 5.10 Å². The smallest absolute Gasteiger partial charge is 0.306 e. The highest BCUT2D eigenvalue weighted by Crippen LogP contribution is 2.30. The second-order valence-corrected chi connectivity index (χ2v) is 7.11. The fourth-order valence-corrected chi connectivity index (χ4v) is 3.11. The Morgan fingerprint density at radius 3 is 2.74 bits per heavy atom. The van der Waals surface area contributed by atoms with E-state index in [-0.39, 0.29) is 17.4 Å². The van der Waals surface area contributed by atoms with E-state index in [9.17, 15) is 8.78 Å². The lowest BCUT2D eigenvalue weighted by molar-refractivity contribution is 0.00588. The highest BCUT2D eigenvalue weighted by Gasteiger charge is 2.33. The summed E-state index contributed by atoms with van der Waals surface area (Å²) in [5.74, 6) is -1.87. The summed E-state index contributed by atoms with van der Waals surface area (Å²) in [4.78, 5) is 12.4. The number of hydrogen-bond acceptors (Lipinski definition) is 7. The average molecular weight is 446 g/mol. The van der Waals surface area contributed by atoms with E-state index in [0.29, 0.717) is 28.0 Å². The van der Waals surface area contributed by atoms with Gasteiger partial charge in [-0.1, -0.05) is 17.7 Å². The number of nitrogens with zero attached hydrogens (tertiary/aromatic N) is 5. The maximum atomic E-state index is 14.5. The van der Waals surface area contributed by atoms with E-state index in [1.54, 1.807) is 37.3 Å². The highest BCUT2D eigenvalue weighted by molar-refractivity contribution is 6.31. The van der Waals surface area contributed by atoms with Crippen molar-refractivity contribution < 1.29 is 13.5 Å². The molecule has 0 atom stereocenters. The van der Waals surface area contributed by atoms with Crippen LogP contribution in [0.15, 0.2) is 48.7 Å². The van der Waals surface area contributed by atoms with Gasteiger partial charge in [0.25, 0.3) is 5.78 Å². The summed E-state index contributed by atoms with van der Waals surface area (Å²) in [7, 11) is 1.53. The van der Waals surface area contributed by atoms with Crippen molar-refractivity contribution in [1.29, 1.82) is 0 Å². The SMILES string of the molecule is COc1ccc(Cl)cc1Nc1nc2nc(C)cc(NCC(F)(F)c3ccccn3)n2n1. The minimum atomic E-state index is -3.18. The lowest BCUT2D eigenvalue weighted by Crippen LogP contribution is -2.26. The Morgan fingerprint density at radius 2 is 2.00 bits per heavy atom. The van der Waals surface area contributed by atoms with Crippen molar-refractivity contribution in [3.05, 3.63) is 65.1 Å². The Labute approximate surface area is 181 Å². The number of fused-ring (bicyclic) bond motifs is 1. The Morgan fingerprint density at radius 1 is 1.16 bits per heavy atom. The van der Waals surface area contributed by atoms with E-state index in [1.165, 1.54) is 30.0 Å². The fourth-order valence-electron chi connectivity index (χ4n) is 2.94. The first-order valence-electron chi connectivity index (χ1n) is 9.24. The number of rotatable bonds is 7. The third-order valence-corrected chi connectivity index (χ3v) is 4.61. The number of pyridine rings is 1. The quantitative estimate of drug-likeness (QED) is 0.434. The number of methoxy groups -OCH3 is 1. The molecule has 31 heavy (non-hydrogen) atoms. The molecule has 0 spiro atoms. The minimum absolute atomic E-state index is 0.207. The molecular weight excluding hydrogens is 428 g/mol. The van der Waals surface area contributed by atoms with Crippen molar-refractivity contribution in [1.82, 2.24) is 24.6 Å². The standard InChI is InChI=1S/C20H18ClF2N7O/c1-12-9-17(25-11-20(22,23)16-5-3-4-8-24-16)30-19(26-12)28-18(29-30)27-14-10-13(21)6-7-15(14)31-2/h3-10,25H,11H2,1-2H3,(H,27,29). The van der Waals surface area contributed by atoms with Gasteiger partial charge in [0.2, 0.25) is 5.95 Å². The topological polar surface area (TPSA) is 89.3 Å². The van der Waals surface area contributed by atoms with Gasteiger partial charge in [0.05, 0.1) is 19.3 Å². The molecule has 0 aliphatic rings. The van der Waals surface area contributed by atoms with Crippen LogP contribution >= 0.6 is 11.6 Å². The summed E-state index contributed by atoms with van der Waals surface area (Å²) in [6.07, 6.45) is 1.33. The van der Waals surface area contributed by atoms with Crippen LogP contribution in [-0.2, 0) is 5.92 Å². The fraction of sp³-hybridized carbons (Fsp3) is 0.200. The van der Waals surface area contributed by atoms with E-state index < -0.39 is 12.5 Å². The van der Waals surface area contributed by atoms with Crippen molar-refractivity contribution >= 4 is 34.8 Å². The predicted octanol–water partition coefficient (Wildman–Crippen LogP) is 4.44. The molecular formula is C20H18ClF2N7O. The third-order valence-electron chi connectivity index (χ3n) is 4.38. The number of ether oxygens (including phenoxy) is 1. The number of aromatic nitrogens is 5. The van der Waals surface area contributed by atoms with Gasteiger partial charge in [-0.25, -0.2) is 4.98 Å². The van der Waals surface area contributed by atoms with Crippen LogP contribution in [0, 0.1) is 6.92 Å². The van der Waals surface area contributed by atoms with Crippen molar-refractivity contribution in [2.24, 2.45) is 0 Å². The molecule has 4 rings (SSSR count). The zero-order chi connectivity index (χ0) is 22.0. The largest absolute Gasteiger partial charge is 0.495 e. The van der Waals surface area contributed by atoms with Gasteiger partial charge in [0.15, 0.2) is 0 Å². The molecule has 0 amide bonds. The van der Waals surface area contributed by atoms with Crippen LogP contribution in [0.3, 0.4) is 0 Å². The van der Waals surface area contributed by atoms with Crippen LogP contribution in [0.4, 0.5) is 26.2 Å². The number of halogens is 3. The lowest BCUT2D eigenvalue weighted by atomic mass is 10.2. The Bertz CT molecular complexity index is 1220. The normalized spacial score (nSPS) is 11.5. The van der Waals surface area contributed by atoms with Crippen molar-refractivity contribution in [3.63, 3.8) is 0 Å². The van der Waals surface area contributed by atoms with E-state index in [4.69, 9.17) is 16.3 Å². The summed E-state index contributed by atoms with van der Waals surface area (Å²) in [6.45, 7) is 1.07. The molecule has 0 unspecified atom stereocenters. The van der Waals surface area contributed by atoms with Crippen LogP contribution in [0.5, 0.6) is 5.75 Å². The maximum absolute atomic E-state index is 14.5. The molecule has 3 heterocycles. The predicted molar refractivity (Wildman–Crippen MR) is 113 cm³/mol. The van der Waals surface area contributed by atoms with Gasteiger partial charge in [0.1, 0.15) is 17.3 Å². The Hall–Kier alpha value is -3.53. The molecule has 0 saturated carbocycles. The van der Waals surface area contributed by atoms with E-state index in [0.717, 1.165) is 0 Å². The molecule has 4 aromatic rings. The van der Waals surface area contributed by atoms with Gasteiger partial charge >= 0.3 is 5.92 Å². The minimum Gasteiger partial charge on any atom is -0.495 e.